The number of hydrogen-bond acceptors (Lipinski definition) is 4. The Morgan fingerprint density at radius 2 is 1.54 bits per heavy atom. The molecule has 0 aliphatic heterocycles. The standard InChI is InChI=1S/C27H31N3O4Si/c1-20(34-25-18-21(26(31)29-30-28)16-17-24(25)32-5)19-33-35(27(2,3)4,22-12-8-6-9-13-22)23-14-10-7-11-15-23/h6-18,20H,19H2,1-5H3. The molecule has 8 heteroatoms. The summed E-state index contributed by atoms with van der Waals surface area (Å²) >= 11 is 0. The summed E-state index contributed by atoms with van der Waals surface area (Å²) < 4.78 is 18.5. The molecule has 3 aromatic rings. The van der Waals surface area contributed by atoms with E-state index in [1.54, 1.807) is 6.07 Å². The molecule has 1 amide bonds. The molecule has 0 aromatic heterocycles. The highest BCUT2D eigenvalue weighted by Gasteiger charge is 2.50. The van der Waals surface area contributed by atoms with Gasteiger partial charge in [0.2, 0.25) is 5.91 Å². The maximum absolute atomic E-state index is 12.0. The number of nitrogens with zero attached hydrogens (tertiary/aromatic N) is 3. The van der Waals surface area contributed by atoms with E-state index in [4.69, 9.17) is 19.4 Å². The van der Waals surface area contributed by atoms with Crippen LogP contribution in [-0.2, 0) is 4.43 Å². The Balaban J connectivity index is 1.93. The predicted octanol–water partition coefficient (Wildman–Crippen LogP) is 5.49. The molecule has 3 aromatic carbocycles. The van der Waals surface area contributed by atoms with E-state index in [2.05, 4.69) is 55.1 Å². The van der Waals surface area contributed by atoms with Gasteiger partial charge in [-0.15, -0.1) is 0 Å². The number of methoxy groups -OCH3 is 1. The van der Waals surface area contributed by atoms with Crippen LogP contribution in [0.2, 0.25) is 5.04 Å². The van der Waals surface area contributed by atoms with Crippen molar-refractivity contribution in [1.29, 1.82) is 0 Å². The van der Waals surface area contributed by atoms with Gasteiger partial charge in [-0.25, -0.2) is 0 Å². The summed E-state index contributed by atoms with van der Waals surface area (Å²) in [6.07, 6.45) is -0.352. The van der Waals surface area contributed by atoms with Gasteiger partial charge in [0.1, 0.15) is 6.10 Å². The van der Waals surface area contributed by atoms with Crippen LogP contribution in [0, 0.1) is 0 Å². The van der Waals surface area contributed by atoms with Gasteiger partial charge in [-0.05, 0) is 51.2 Å². The topological polar surface area (TPSA) is 93.5 Å². The molecule has 0 N–H and O–H groups in total. The molecule has 1 atom stereocenters. The number of hydrogen-bond donors (Lipinski definition) is 0. The highest BCUT2D eigenvalue weighted by atomic mass is 28.4. The summed E-state index contributed by atoms with van der Waals surface area (Å²) in [5.74, 6) is 0.168. The first-order chi connectivity index (χ1) is 16.7. The van der Waals surface area contributed by atoms with Crippen molar-refractivity contribution in [3.8, 4) is 11.5 Å². The molecule has 35 heavy (non-hydrogen) atoms. The predicted molar refractivity (Wildman–Crippen MR) is 140 cm³/mol. The Morgan fingerprint density at radius 1 is 0.971 bits per heavy atom. The largest absolute Gasteiger partial charge is 0.493 e. The highest BCUT2D eigenvalue weighted by Crippen LogP contribution is 2.37. The Hall–Kier alpha value is -3.58. The highest BCUT2D eigenvalue weighted by molar-refractivity contribution is 6.99. The summed E-state index contributed by atoms with van der Waals surface area (Å²) in [5, 5.41) is 5.37. The molecule has 0 saturated carbocycles. The molecular formula is C27H31N3O4Si. The fraction of sp³-hybridized carbons (Fsp3) is 0.296. The zero-order chi connectivity index (χ0) is 25.5. The van der Waals surface area contributed by atoms with Crippen molar-refractivity contribution in [2.24, 2.45) is 5.11 Å². The van der Waals surface area contributed by atoms with Gasteiger partial charge in [-0.3, -0.25) is 4.79 Å². The van der Waals surface area contributed by atoms with Crippen LogP contribution in [-0.4, -0.2) is 34.0 Å². The van der Waals surface area contributed by atoms with Gasteiger partial charge in [0.25, 0.3) is 8.32 Å². The molecule has 7 nitrogen and oxygen atoms in total. The summed E-state index contributed by atoms with van der Waals surface area (Å²) in [4.78, 5) is 14.6. The zero-order valence-electron chi connectivity index (χ0n) is 20.8. The SMILES string of the molecule is COc1ccc(C(=O)N=[N+]=[N-])cc1OC(C)CO[Si](c1ccccc1)(c1ccccc1)C(C)(C)C. The molecule has 0 spiro atoms. The second-order valence-electron chi connectivity index (χ2n) is 9.26. The molecule has 0 saturated heterocycles. The lowest BCUT2D eigenvalue weighted by Gasteiger charge is -2.43. The smallest absolute Gasteiger partial charge is 0.261 e. The Kier molecular flexibility index (Phi) is 8.35. The first-order valence-corrected chi connectivity index (χ1v) is 13.3. The number of ether oxygens (including phenoxy) is 2. The van der Waals surface area contributed by atoms with E-state index in [0.29, 0.717) is 18.1 Å². The van der Waals surface area contributed by atoms with Crippen molar-refractivity contribution >= 4 is 24.6 Å². The Labute approximate surface area is 207 Å². The Bertz CT molecular complexity index is 1150. The number of amides is 1. The molecule has 182 valence electrons. The number of carbonyl (C=O) groups is 1. The van der Waals surface area contributed by atoms with E-state index in [1.165, 1.54) is 29.6 Å². The third-order valence-corrected chi connectivity index (χ3v) is 10.8. The third kappa shape index (κ3) is 5.74. The number of carbonyl (C=O) groups excluding carboxylic acids is 1. The average Bonchev–Trinajstić information content (AvgIpc) is 2.85. The molecule has 0 aliphatic carbocycles. The van der Waals surface area contributed by atoms with Crippen molar-refractivity contribution in [2.45, 2.75) is 38.8 Å². The van der Waals surface area contributed by atoms with E-state index in [9.17, 15) is 4.79 Å². The number of benzene rings is 3. The fourth-order valence-electron chi connectivity index (χ4n) is 4.25. The second-order valence-corrected chi connectivity index (χ2v) is 13.6. The van der Waals surface area contributed by atoms with Gasteiger partial charge in [-0.2, -0.15) is 0 Å². The van der Waals surface area contributed by atoms with E-state index in [1.807, 2.05) is 43.3 Å². The minimum Gasteiger partial charge on any atom is -0.493 e. The van der Waals surface area contributed by atoms with E-state index < -0.39 is 14.2 Å². The molecule has 0 heterocycles. The summed E-state index contributed by atoms with van der Waals surface area (Å²) in [5.41, 5.74) is 8.80. The first-order valence-electron chi connectivity index (χ1n) is 11.4. The number of azide groups is 1. The molecule has 0 fully saturated rings. The summed E-state index contributed by atoms with van der Waals surface area (Å²) in [6.45, 7) is 8.90. The minimum absolute atomic E-state index is 0.158. The van der Waals surface area contributed by atoms with Crippen LogP contribution in [0.15, 0.2) is 84.0 Å². The van der Waals surface area contributed by atoms with Crippen LogP contribution in [0.5, 0.6) is 11.5 Å². The average molecular weight is 490 g/mol. The van der Waals surface area contributed by atoms with Gasteiger partial charge in [-0.1, -0.05) is 81.4 Å². The van der Waals surface area contributed by atoms with Gasteiger partial charge < -0.3 is 13.9 Å². The van der Waals surface area contributed by atoms with Crippen LogP contribution in [0.25, 0.3) is 10.4 Å². The van der Waals surface area contributed by atoms with Crippen molar-refractivity contribution in [2.75, 3.05) is 13.7 Å². The van der Waals surface area contributed by atoms with Crippen molar-refractivity contribution < 1.29 is 18.7 Å². The monoisotopic (exact) mass is 489 g/mol. The fourth-order valence-corrected chi connectivity index (χ4v) is 8.90. The summed E-state index contributed by atoms with van der Waals surface area (Å²) in [6, 6.07) is 25.5. The van der Waals surface area contributed by atoms with Gasteiger partial charge >= 0.3 is 0 Å². The minimum atomic E-state index is -2.71. The maximum Gasteiger partial charge on any atom is 0.261 e. The van der Waals surface area contributed by atoms with E-state index in [-0.39, 0.29) is 16.7 Å². The molecule has 3 rings (SSSR count). The van der Waals surface area contributed by atoms with E-state index >= 15 is 0 Å². The van der Waals surface area contributed by atoms with Crippen LogP contribution < -0.4 is 19.8 Å². The van der Waals surface area contributed by atoms with Crippen LogP contribution in [0.3, 0.4) is 0 Å². The maximum atomic E-state index is 12.0. The van der Waals surface area contributed by atoms with Crippen molar-refractivity contribution in [3.05, 3.63) is 94.9 Å². The lowest BCUT2D eigenvalue weighted by Crippen LogP contribution is -2.67. The van der Waals surface area contributed by atoms with Crippen LogP contribution in [0.1, 0.15) is 38.1 Å². The zero-order valence-corrected chi connectivity index (χ0v) is 21.8. The normalized spacial score (nSPS) is 12.4. The van der Waals surface area contributed by atoms with Crippen molar-refractivity contribution in [1.82, 2.24) is 0 Å². The van der Waals surface area contributed by atoms with Crippen LogP contribution >= 0.6 is 0 Å². The van der Waals surface area contributed by atoms with E-state index in [0.717, 1.165) is 0 Å². The lowest BCUT2D eigenvalue weighted by molar-refractivity contribution is 0.0998. The number of rotatable bonds is 9. The molecular weight excluding hydrogens is 458 g/mol. The molecule has 0 aliphatic rings. The van der Waals surface area contributed by atoms with Gasteiger partial charge in [0, 0.05) is 10.5 Å². The van der Waals surface area contributed by atoms with Crippen molar-refractivity contribution in [3.63, 3.8) is 0 Å². The Morgan fingerprint density at radius 3 is 2.03 bits per heavy atom. The first kappa shape index (κ1) is 26.0. The van der Waals surface area contributed by atoms with Gasteiger partial charge in [0.05, 0.1) is 13.7 Å². The lowest BCUT2D eigenvalue weighted by atomic mass is 10.2. The quantitative estimate of drug-likeness (QED) is 0.172. The summed E-state index contributed by atoms with van der Waals surface area (Å²) in [7, 11) is -1.18. The third-order valence-electron chi connectivity index (χ3n) is 5.83. The van der Waals surface area contributed by atoms with Gasteiger partial charge in [0.15, 0.2) is 11.5 Å². The second kappa shape index (κ2) is 11.2. The molecule has 0 radical (unpaired) electrons. The molecule has 0 bridgehead atoms. The van der Waals surface area contributed by atoms with Crippen LogP contribution in [0.4, 0.5) is 0 Å². The molecule has 1 unspecified atom stereocenters.